The molecule has 2 aliphatic rings. The molecule has 2 rings (SSSR count). The molecule has 0 radical (unpaired) electrons. The maximum atomic E-state index is 15.6. The number of hydrogen-bond acceptors (Lipinski definition) is 8. The Labute approximate surface area is 228 Å². The smallest absolute Gasteiger partial charge is 0.405 e. The molecule has 1 heterocycles. The van der Waals surface area contributed by atoms with Crippen LogP contribution in [0.1, 0.15) is 40.5 Å². The molecule has 0 saturated heterocycles. The highest BCUT2D eigenvalue weighted by molar-refractivity contribution is 6.23. The Morgan fingerprint density at radius 3 is 2.38 bits per heavy atom. The molecule has 1 aliphatic carbocycles. The van der Waals surface area contributed by atoms with Crippen molar-refractivity contribution in [2.24, 2.45) is 23.3 Å². The van der Waals surface area contributed by atoms with Gasteiger partial charge in [-0.25, -0.2) is 9.18 Å². The molecule has 6 atom stereocenters. The third-order valence-corrected chi connectivity index (χ3v) is 6.77. The van der Waals surface area contributed by atoms with Crippen molar-refractivity contribution in [3.63, 3.8) is 0 Å². The third-order valence-electron chi connectivity index (χ3n) is 6.77. The molecular weight excluding hydrogens is 509 g/mol. The van der Waals surface area contributed by atoms with E-state index < -0.39 is 54.0 Å². The molecular formula is C28H38FN3O7. The predicted molar refractivity (Wildman–Crippen MR) is 143 cm³/mol. The lowest BCUT2D eigenvalue weighted by atomic mass is 9.85. The molecule has 1 aliphatic heterocycles. The van der Waals surface area contributed by atoms with Gasteiger partial charge in [0.25, 0.3) is 5.91 Å². The number of primary amides is 1. The minimum absolute atomic E-state index is 0.0631. The average molecular weight is 548 g/mol. The first kappa shape index (κ1) is 31.6. The minimum atomic E-state index is -1.46. The van der Waals surface area contributed by atoms with Crippen LogP contribution >= 0.6 is 0 Å². The van der Waals surface area contributed by atoms with Crippen LogP contribution in [0.5, 0.6) is 0 Å². The van der Waals surface area contributed by atoms with Gasteiger partial charge in [0.2, 0.25) is 11.6 Å². The van der Waals surface area contributed by atoms with Gasteiger partial charge >= 0.3 is 6.09 Å². The molecule has 0 spiro atoms. The molecule has 0 aromatic heterocycles. The SMILES string of the molecule is CO[C@H]1/C=C/C=C(/C)C(=O)NC2=CC(=O)C(N)=C(C[C@@H](C)C[C@H](OC)[C@@H](F)[C@@H](C)/C=C(\C)[C@@H]1OC(N)=O)C2=O. The van der Waals surface area contributed by atoms with Crippen molar-refractivity contribution < 1.29 is 37.8 Å². The van der Waals surface area contributed by atoms with Gasteiger partial charge in [-0.1, -0.05) is 38.2 Å². The van der Waals surface area contributed by atoms with E-state index in [0.717, 1.165) is 6.08 Å². The maximum Gasteiger partial charge on any atom is 0.405 e. The molecule has 39 heavy (non-hydrogen) atoms. The van der Waals surface area contributed by atoms with Crippen molar-refractivity contribution >= 4 is 23.6 Å². The van der Waals surface area contributed by atoms with Crippen LogP contribution in [0.2, 0.25) is 0 Å². The molecule has 0 saturated carbocycles. The second-order valence-corrected chi connectivity index (χ2v) is 9.92. The Hall–Kier alpha value is -3.57. The summed E-state index contributed by atoms with van der Waals surface area (Å²) in [5.74, 6) is -2.74. The van der Waals surface area contributed by atoms with Crippen LogP contribution in [0, 0.1) is 11.8 Å². The zero-order chi connectivity index (χ0) is 29.4. The number of ketones is 2. The topological polar surface area (TPSA) is 160 Å². The maximum absolute atomic E-state index is 15.6. The lowest BCUT2D eigenvalue weighted by Crippen LogP contribution is -2.36. The van der Waals surface area contributed by atoms with E-state index in [1.54, 1.807) is 32.9 Å². The van der Waals surface area contributed by atoms with Crippen LogP contribution in [0.3, 0.4) is 0 Å². The molecule has 11 heteroatoms. The number of carbonyl (C=O) groups excluding carboxylic acids is 4. The van der Waals surface area contributed by atoms with Crippen molar-refractivity contribution in [1.82, 2.24) is 5.32 Å². The molecule has 214 valence electrons. The minimum Gasteiger partial charge on any atom is -0.439 e. The Bertz CT molecular complexity index is 1140. The van der Waals surface area contributed by atoms with Crippen LogP contribution in [0.25, 0.3) is 0 Å². The van der Waals surface area contributed by atoms with E-state index >= 15 is 4.39 Å². The van der Waals surface area contributed by atoms with Crippen LogP contribution in [-0.4, -0.2) is 62.3 Å². The second kappa shape index (κ2) is 14.0. The largest absolute Gasteiger partial charge is 0.439 e. The third kappa shape index (κ3) is 8.21. The van der Waals surface area contributed by atoms with Gasteiger partial charge in [-0.05, 0) is 38.2 Å². The Morgan fingerprint density at radius 2 is 1.79 bits per heavy atom. The van der Waals surface area contributed by atoms with Gasteiger partial charge in [-0.15, -0.1) is 0 Å². The van der Waals surface area contributed by atoms with Crippen molar-refractivity contribution in [3.8, 4) is 0 Å². The number of methoxy groups -OCH3 is 2. The highest BCUT2D eigenvalue weighted by atomic mass is 19.1. The predicted octanol–water partition coefficient (Wildman–Crippen LogP) is 2.70. The zero-order valence-electron chi connectivity index (χ0n) is 23.2. The average Bonchev–Trinajstić information content (AvgIpc) is 2.88. The summed E-state index contributed by atoms with van der Waals surface area (Å²) in [6.07, 6.45) is 2.30. The van der Waals surface area contributed by atoms with Crippen LogP contribution < -0.4 is 16.8 Å². The van der Waals surface area contributed by atoms with Gasteiger partial charge in [0.05, 0.1) is 17.5 Å². The van der Waals surface area contributed by atoms with Gasteiger partial charge in [0.15, 0.2) is 6.10 Å². The number of fused-ring (bicyclic) bond motifs is 2. The quantitative estimate of drug-likeness (QED) is 0.359. The van der Waals surface area contributed by atoms with E-state index in [2.05, 4.69) is 5.32 Å². The number of nitrogens with two attached hydrogens (primary N) is 2. The number of hydrogen-bond donors (Lipinski definition) is 3. The van der Waals surface area contributed by atoms with E-state index in [9.17, 15) is 19.2 Å². The van der Waals surface area contributed by atoms with Gasteiger partial charge in [-0.2, -0.15) is 0 Å². The summed E-state index contributed by atoms with van der Waals surface area (Å²) in [7, 11) is 2.79. The lowest BCUT2D eigenvalue weighted by Gasteiger charge is -2.28. The Morgan fingerprint density at radius 1 is 1.13 bits per heavy atom. The Balaban J connectivity index is 2.58. The highest BCUT2D eigenvalue weighted by Crippen LogP contribution is 2.29. The van der Waals surface area contributed by atoms with Crippen molar-refractivity contribution in [1.29, 1.82) is 0 Å². The number of allylic oxidation sites excluding steroid dienone is 5. The number of alkyl halides is 1. The summed E-state index contributed by atoms with van der Waals surface area (Å²) in [4.78, 5) is 50.0. The van der Waals surface area contributed by atoms with Crippen molar-refractivity contribution in [2.45, 2.75) is 65.0 Å². The first-order valence-corrected chi connectivity index (χ1v) is 12.6. The van der Waals surface area contributed by atoms with Crippen LogP contribution in [0.15, 0.2) is 58.5 Å². The normalized spacial score (nSPS) is 33.3. The van der Waals surface area contributed by atoms with E-state index in [1.807, 2.05) is 0 Å². The number of halogens is 1. The molecule has 0 aromatic rings. The van der Waals surface area contributed by atoms with Gasteiger partial charge < -0.3 is 31.0 Å². The fourth-order valence-electron chi connectivity index (χ4n) is 4.58. The van der Waals surface area contributed by atoms with Crippen LogP contribution in [0.4, 0.5) is 9.18 Å². The molecule has 0 fully saturated rings. The fraction of sp³-hybridized carbons (Fsp3) is 0.500. The summed E-state index contributed by atoms with van der Waals surface area (Å²) in [6, 6.07) is 0. The highest BCUT2D eigenvalue weighted by Gasteiger charge is 2.33. The molecule has 5 N–H and O–H groups in total. The summed E-state index contributed by atoms with van der Waals surface area (Å²) in [5.41, 5.74) is 11.6. The van der Waals surface area contributed by atoms with Crippen LogP contribution in [-0.2, 0) is 28.6 Å². The van der Waals surface area contributed by atoms with Gasteiger partial charge in [0.1, 0.15) is 12.3 Å². The van der Waals surface area contributed by atoms with E-state index in [4.69, 9.17) is 25.7 Å². The molecule has 0 aromatic carbocycles. The monoisotopic (exact) mass is 547 g/mol. The van der Waals surface area contributed by atoms with Gasteiger partial charge in [-0.3, -0.25) is 14.4 Å². The first-order chi connectivity index (χ1) is 18.3. The molecule has 2 bridgehead atoms. The van der Waals surface area contributed by atoms with E-state index in [-0.39, 0.29) is 41.3 Å². The summed E-state index contributed by atoms with van der Waals surface area (Å²) >= 11 is 0. The molecule has 10 nitrogen and oxygen atoms in total. The lowest BCUT2D eigenvalue weighted by molar-refractivity contribution is -0.120. The van der Waals surface area contributed by atoms with Crippen molar-refractivity contribution in [3.05, 3.63) is 58.5 Å². The van der Waals surface area contributed by atoms with Gasteiger partial charge in [0, 0.05) is 37.4 Å². The number of rotatable bonds is 3. The number of nitrogens with one attached hydrogen (secondary N) is 1. The standard InChI is InChI=1S/C28H38FN3O7/c1-14-10-18-24(30)20(33)13-19(25(18)34)32-27(35)15(2)8-7-9-21(37-5)26(39-28(31)36)17(4)12-16(3)23(29)22(11-14)38-6/h7-9,12-14,16,21-23,26H,10-11,30H2,1-6H3,(H2,31,36)(H,32,35)/b9-7+,15-8-,17-12+/t14-,16+,21+,22+,23+,26+/m1/s1. The number of carbonyl (C=O) groups is 4. The first-order valence-electron chi connectivity index (χ1n) is 12.6. The van der Waals surface area contributed by atoms with E-state index in [0.29, 0.717) is 5.57 Å². The van der Waals surface area contributed by atoms with E-state index in [1.165, 1.54) is 33.3 Å². The fourth-order valence-corrected chi connectivity index (χ4v) is 4.58. The second-order valence-electron chi connectivity index (χ2n) is 9.92. The van der Waals surface area contributed by atoms with Crippen molar-refractivity contribution in [2.75, 3.05) is 14.2 Å². The number of ether oxygens (including phenoxy) is 3. The molecule has 0 unspecified atom stereocenters. The summed E-state index contributed by atoms with van der Waals surface area (Å²) in [6.45, 7) is 6.64. The number of amides is 2. The summed E-state index contributed by atoms with van der Waals surface area (Å²) < 4.78 is 31.9. The molecule has 2 amide bonds. The Kier molecular flexibility index (Phi) is 11.4. The zero-order valence-corrected chi connectivity index (χ0v) is 23.2. The number of Topliss-reactive ketones (excluding diaryl/α,β-unsaturated/α-hetero) is 1. The summed E-state index contributed by atoms with van der Waals surface area (Å²) in [5, 5.41) is 2.48.